The van der Waals surface area contributed by atoms with Crippen molar-refractivity contribution in [2.24, 2.45) is 0 Å². The van der Waals surface area contributed by atoms with Gasteiger partial charge < -0.3 is 5.32 Å². The van der Waals surface area contributed by atoms with Crippen LogP contribution in [-0.2, 0) is 16.6 Å². The fraction of sp³-hybridized carbons (Fsp3) is 0.294. The minimum Gasteiger partial charge on any atom is -0.306 e. The van der Waals surface area contributed by atoms with Crippen LogP contribution in [0.3, 0.4) is 0 Å². The van der Waals surface area contributed by atoms with Crippen molar-refractivity contribution in [1.29, 1.82) is 0 Å². The van der Waals surface area contributed by atoms with E-state index in [4.69, 9.17) is 23.2 Å². The van der Waals surface area contributed by atoms with Crippen LogP contribution in [0, 0.1) is 0 Å². The van der Waals surface area contributed by atoms with Crippen LogP contribution in [0.1, 0.15) is 24.1 Å². The number of halogens is 2. The van der Waals surface area contributed by atoms with Gasteiger partial charge in [-0.1, -0.05) is 41.4 Å². The molecule has 0 amide bonds. The summed E-state index contributed by atoms with van der Waals surface area (Å²) < 4.78 is 25.3. The molecule has 24 heavy (non-hydrogen) atoms. The average molecular weight is 387 g/mol. The smallest absolute Gasteiger partial charge is 0.242 e. The predicted molar refractivity (Wildman–Crippen MR) is 99.0 cm³/mol. The molecule has 0 aliphatic rings. The number of benzene rings is 2. The first-order chi connectivity index (χ1) is 11.2. The van der Waals surface area contributed by atoms with Crippen molar-refractivity contribution in [1.82, 2.24) is 9.62 Å². The molecule has 0 saturated carbocycles. The lowest BCUT2D eigenvalue weighted by molar-refractivity contribution is 0.520. The van der Waals surface area contributed by atoms with Gasteiger partial charge in [0.2, 0.25) is 10.0 Å². The van der Waals surface area contributed by atoms with Gasteiger partial charge in [-0.05, 0) is 42.3 Å². The van der Waals surface area contributed by atoms with Crippen molar-refractivity contribution in [3.05, 3.63) is 63.6 Å². The summed E-state index contributed by atoms with van der Waals surface area (Å²) in [6.07, 6.45) is 0. The van der Waals surface area contributed by atoms with Crippen molar-refractivity contribution in [3.8, 4) is 0 Å². The molecule has 2 aromatic carbocycles. The Kier molecular flexibility index (Phi) is 6.28. The summed E-state index contributed by atoms with van der Waals surface area (Å²) in [5.41, 5.74) is 2.04. The molecule has 0 aliphatic carbocycles. The van der Waals surface area contributed by atoms with Gasteiger partial charge in [0.15, 0.2) is 0 Å². The quantitative estimate of drug-likeness (QED) is 0.812. The van der Waals surface area contributed by atoms with Gasteiger partial charge in [0.05, 0.1) is 14.9 Å². The minimum atomic E-state index is -3.40. The van der Waals surface area contributed by atoms with E-state index in [9.17, 15) is 8.42 Å². The average Bonchev–Trinajstić information content (AvgIpc) is 2.55. The van der Waals surface area contributed by atoms with E-state index >= 15 is 0 Å². The van der Waals surface area contributed by atoms with E-state index in [0.29, 0.717) is 16.6 Å². The van der Waals surface area contributed by atoms with Gasteiger partial charge in [0.25, 0.3) is 0 Å². The summed E-state index contributed by atoms with van der Waals surface area (Å²) in [5.74, 6) is 0. The van der Waals surface area contributed by atoms with E-state index in [1.54, 1.807) is 18.2 Å². The molecule has 130 valence electrons. The summed E-state index contributed by atoms with van der Waals surface area (Å²) in [6.45, 7) is 2.66. The molecule has 0 saturated heterocycles. The first-order valence-electron chi connectivity index (χ1n) is 7.41. The van der Waals surface area contributed by atoms with E-state index in [1.807, 2.05) is 31.2 Å². The molecule has 0 radical (unpaired) electrons. The van der Waals surface area contributed by atoms with Crippen LogP contribution >= 0.6 is 23.2 Å². The topological polar surface area (TPSA) is 49.4 Å². The number of rotatable bonds is 6. The summed E-state index contributed by atoms with van der Waals surface area (Å²) in [4.78, 5) is 0.285. The van der Waals surface area contributed by atoms with Crippen molar-refractivity contribution < 1.29 is 8.42 Å². The molecule has 4 nitrogen and oxygen atoms in total. The molecule has 1 atom stereocenters. The zero-order valence-electron chi connectivity index (χ0n) is 13.8. The predicted octanol–water partition coefficient (Wildman–Crippen LogP) is 4.09. The van der Waals surface area contributed by atoms with Crippen LogP contribution < -0.4 is 5.32 Å². The van der Waals surface area contributed by atoms with Gasteiger partial charge in [-0.2, -0.15) is 0 Å². The Morgan fingerprint density at radius 1 is 1.04 bits per heavy atom. The second-order valence-electron chi connectivity index (χ2n) is 5.71. The Bertz CT molecular complexity index is 806. The second kappa shape index (κ2) is 7.85. The maximum atomic E-state index is 12.1. The van der Waals surface area contributed by atoms with E-state index < -0.39 is 10.0 Å². The highest BCUT2D eigenvalue weighted by Crippen LogP contribution is 2.23. The Labute approximate surface area is 153 Å². The van der Waals surface area contributed by atoms with Crippen LogP contribution in [0.5, 0.6) is 0 Å². The number of hydrogen-bond acceptors (Lipinski definition) is 3. The molecular weight excluding hydrogens is 367 g/mol. The van der Waals surface area contributed by atoms with E-state index in [1.165, 1.54) is 18.4 Å². The van der Waals surface area contributed by atoms with Gasteiger partial charge in [-0.25, -0.2) is 12.7 Å². The van der Waals surface area contributed by atoms with E-state index in [0.717, 1.165) is 11.1 Å². The van der Waals surface area contributed by atoms with Gasteiger partial charge in [0, 0.05) is 26.7 Å². The van der Waals surface area contributed by atoms with E-state index in [2.05, 4.69) is 5.32 Å². The van der Waals surface area contributed by atoms with Crippen molar-refractivity contribution >= 4 is 33.2 Å². The van der Waals surface area contributed by atoms with Crippen molar-refractivity contribution in [3.63, 3.8) is 0 Å². The molecule has 0 heterocycles. The molecule has 7 heteroatoms. The molecule has 1 unspecified atom stereocenters. The van der Waals surface area contributed by atoms with Gasteiger partial charge in [-0.3, -0.25) is 0 Å². The zero-order chi connectivity index (χ0) is 17.9. The van der Waals surface area contributed by atoms with Crippen molar-refractivity contribution in [2.75, 3.05) is 14.1 Å². The van der Waals surface area contributed by atoms with Gasteiger partial charge in [-0.15, -0.1) is 0 Å². The fourth-order valence-corrected chi connectivity index (χ4v) is 3.40. The standard InChI is InChI=1S/C17H20Cl2N2O2S/c1-12(20-11-13-4-9-16(18)17(19)10-13)14-5-7-15(8-6-14)24(22,23)21(2)3/h4-10,12,20H,11H2,1-3H3. The lowest BCUT2D eigenvalue weighted by atomic mass is 10.1. The molecule has 1 N–H and O–H groups in total. The van der Waals surface area contributed by atoms with Crippen LogP contribution in [0.4, 0.5) is 0 Å². The highest BCUT2D eigenvalue weighted by Gasteiger charge is 2.17. The van der Waals surface area contributed by atoms with Gasteiger partial charge in [0.1, 0.15) is 0 Å². The number of nitrogens with one attached hydrogen (secondary N) is 1. The Balaban J connectivity index is 2.05. The van der Waals surface area contributed by atoms with Crippen LogP contribution in [0.25, 0.3) is 0 Å². The minimum absolute atomic E-state index is 0.0653. The lowest BCUT2D eigenvalue weighted by Crippen LogP contribution is -2.22. The van der Waals surface area contributed by atoms with Crippen LogP contribution in [-0.4, -0.2) is 26.8 Å². The number of nitrogens with zero attached hydrogens (tertiary/aromatic N) is 1. The van der Waals surface area contributed by atoms with Gasteiger partial charge >= 0.3 is 0 Å². The molecule has 0 bridgehead atoms. The third-order valence-corrected chi connectivity index (χ3v) is 6.32. The fourth-order valence-electron chi connectivity index (χ4n) is 2.18. The Morgan fingerprint density at radius 3 is 2.21 bits per heavy atom. The zero-order valence-corrected chi connectivity index (χ0v) is 16.1. The first kappa shape index (κ1) is 19.2. The molecule has 0 fully saturated rings. The molecule has 0 spiro atoms. The monoisotopic (exact) mass is 386 g/mol. The number of sulfonamides is 1. The SMILES string of the molecule is CC(NCc1ccc(Cl)c(Cl)c1)c1ccc(S(=O)(=O)N(C)C)cc1. The first-order valence-corrected chi connectivity index (χ1v) is 9.61. The maximum Gasteiger partial charge on any atom is 0.242 e. The normalized spacial score (nSPS) is 13.2. The lowest BCUT2D eigenvalue weighted by Gasteiger charge is -2.16. The molecule has 0 aromatic heterocycles. The highest BCUT2D eigenvalue weighted by molar-refractivity contribution is 7.89. The molecule has 2 rings (SSSR count). The largest absolute Gasteiger partial charge is 0.306 e. The second-order valence-corrected chi connectivity index (χ2v) is 8.67. The summed E-state index contributed by atoms with van der Waals surface area (Å²) in [5, 5.41) is 4.44. The summed E-state index contributed by atoms with van der Waals surface area (Å²) in [6, 6.07) is 12.5. The number of hydrogen-bond donors (Lipinski definition) is 1. The molecular formula is C17H20Cl2N2O2S. The van der Waals surface area contributed by atoms with Crippen molar-refractivity contribution in [2.45, 2.75) is 24.4 Å². The Hall–Kier alpha value is -1.11. The molecule has 2 aromatic rings. The summed E-state index contributed by atoms with van der Waals surface area (Å²) >= 11 is 11.9. The van der Waals surface area contributed by atoms with Crippen LogP contribution in [0.2, 0.25) is 10.0 Å². The highest BCUT2D eigenvalue weighted by atomic mass is 35.5. The summed E-state index contributed by atoms with van der Waals surface area (Å²) in [7, 11) is -0.361. The maximum absolute atomic E-state index is 12.1. The van der Waals surface area contributed by atoms with E-state index in [-0.39, 0.29) is 10.9 Å². The third-order valence-electron chi connectivity index (χ3n) is 3.76. The van der Waals surface area contributed by atoms with Crippen LogP contribution in [0.15, 0.2) is 47.4 Å². The third kappa shape index (κ3) is 4.49. The Morgan fingerprint density at radius 2 is 1.67 bits per heavy atom. The molecule has 0 aliphatic heterocycles.